The third-order valence-corrected chi connectivity index (χ3v) is 8.13. The van der Waals surface area contributed by atoms with Crippen molar-refractivity contribution in [3.05, 3.63) is 17.0 Å². The molecule has 1 aromatic rings. The average molecular weight is 370 g/mol. The standard InChI is InChI=1S/C16H22N2O4S2/c1-11-10-17(9-7-14(11)19)16(20)13-4-3-8-18(13)24(21,22)15-6-5-12(2)23-15/h5-6,11,13H,3-4,7-10H2,1-2H3. The zero-order chi connectivity index (χ0) is 17.5. The predicted octanol–water partition coefficient (Wildman–Crippen LogP) is 1.65. The van der Waals surface area contributed by atoms with Crippen LogP contribution in [0, 0.1) is 12.8 Å². The Kier molecular flexibility index (Phi) is 4.81. The molecule has 3 heterocycles. The number of rotatable bonds is 3. The normalized spacial score (nSPS) is 26.1. The molecule has 2 unspecified atom stereocenters. The van der Waals surface area contributed by atoms with E-state index in [-0.39, 0.29) is 17.6 Å². The van der Waals surface area contributed by atoms with Gasteiger partial charge < -0.3 is 4.90 Å². The van der Waals surface area contributed by atoms with E-state index in [4.69, 9.17) is 0 Å². The second kappa shape index (κ2) is 6.57. The zero-order valence-corrected chi connectivity index (χ0v) is 15.5. The van der Waals surface area contributed by atoms with Gasteiger partial charge in [-0.15, -0.1) is 11.3 Å². The second-order valence-corrected chi connectivity index (χ2v) is 9.95. The van der Waals surface area contributed by atoms with Gasteiger partial charge in [-0.25, -0.2) is 8.42 Å². The van der Waals surface area contributed by atoms with Gasteiger partial charge in [0.2, 0.25) is 5.91 Å². The molecular formula is C16H22N2O4S2. The summed E-state index contributed by atoms with van der Waals surface area (Å²) in [5, 5.41) is 0. The molecule has 8 heteroatoms. The van der Waals surface area contributed by atoms with Crippen molar-refractivity contribution in [2.24, 2.45) is 5.92 Å². The van der Waals surface area contributed by atoms with E-state index in [0.29, 0.717) is 43.1 Å². The molecule has 2 aliphatic heterocycles. The molecule has 6 nitrogen and oxygen atoms in total. The number of nitrogens with zero attached hydrogens (tertiary/aromatic N) is 2. The highest BCUT2D eigenvalue weighted by Crippen LogP contribution is 2.31. The molecule has 2 atom stereocenters. The molecule has 0 saturated carbocycles. The maximum atomic E-state index is 12.9. The van der Waals surface area contributed by atoms with E-state index in [1.807, 2.05) is 13.8 Å². The monoisotopic (exact) mass is 370 g/mol. The van der Waals surface area contributed by atoms with E-state index in [1.54, 1.807) is 17.0 Å². The lowest BCUT2D eigenvalue weighted by molar-refractivity contribution is -0.139. The van der Waals surface area contributed by atoms with E-state index in [2.05, 4.69) is 0 Å². The number of hydrogen-bond acceptors (Lipinski definition) is 5. The highest BCUT2D eigenvalue weighted by Gasteiger charge is 2.42. The summed E-state index contributed by atoms with van der Waals surface area (Å²) in [4.78, 5) is 27.1. The summed E-state index contributed by atoms with van der Waals surface area (Å²) in [5.41, 5.74) is 0. The summed E-state index contributed by atoms with van der Waals surface area (Å²) >= 11 is 1.23. The van der Waals surface area contributed by atoms with Crippen molar-refractivity contribution in [2.75, 3.05) is 19.6 Å². The maximum absolute atomic E-state index is 12.9. The van der Waals surface area contributed by atoms with E-state index in [0.717, 1.165) is 4.88 Å². The van der Waals surface area contributed by atoms with Crippen LogP contribution in [-0.4, -0.2) is 55.0 Å². The number of carbonyl (C=O) groups is 2. The van der Waals surface area contributed by atoms with Crippen LogP contribution in [-0.2, 0) is 19.6 Å². The minimum absolute atomic E-state index is 0.163. The molecule has 2 aliphatic rings. The number of Topliss-reactive ketones (excluding diaryl/α,β-unsaturated/α-hetero) is 1. The fourth-order valence-corrected chi connectivity index (χ4v) is 6.43. The summed E-state index contributed by atoms with van der Waals surface area (Å²) in [7, 11) is -3.64. The van der Waals surface area contributed by atoms with Gasteiger partial charge in [-0.1, -0.05) is 6.92 Å². The molecule has 1 aromatic heterocycles. The molecule has 2 fully saturated rings. The number of sulfonamides is 1. The molecule has 0 aliphatic carbocycles. The Hall–Kier alpha value is -1.25. The molecule has 0 radical (unpaired) electrons. The second-order valence-electron chi connectivity index (χ2n) is 6.54. The first-order chi connectivity index (χ1) is 11.3. The molecule has 132 valence electrons. The van der Waals surface area contributed by atoms with Crippen LogP contribution in [0.15, 0.2) is 16.3 Å². The van der Waals surface area contributed by atoms with Crippen LogP contribution in [0.3, 0.4) is 0 Å². The first kappa shape index (κ1) is 17.6. The highest BCUT2D eigenvalue weighted by atomic mass is 32.2. The lowest BCUT2D eigenvalue weighted by Gasteiger charge is -2.34. The third kappa shape index (κ3) is 3.14. The third-order valence-electron chi connectivity index (χ3n) is 4.75. The van der Waals surface area contributed by atoms with E-state index in [9.17, 15) is 18.0 Å². The van der Waals surface area contributed by atoms with Crippen LogP contribution in [0.2, 0.25) is 0 Å². The van der Waals surface area contributed by atoms with Crippen molar-refractivity contribution in [3.63, 3.8) is 0 Å². The van der Waals surface area contributed by atoms with Crippen LogP contribution in [0.25, 0.3) is 0 Å². The first-order valence-electron chi connectivity index (χ1n) is 8.20. The Bertz CT molecular complexity index is 756. The SMILES string of the molecule is Cc1ccc(S(=O)(=O)N2CCCC2C(=O)N2CCC(=O)C(C)C2)s1. The molecule has 0 aromatic carbocycles. The van der Waals surface area contributed by atoms with Crippen molar-refractivity contribution in [3.8, 4) is 0 Å². The predicted molar refractivity (Wildman–Crippen MR) is 91.3 cm³/mol. The van der Waals surface area contributed by atoms with Crippen molar-refractivity contribution >= 4 is 33.1 Å². The Balaban J connectivity index is 1.80. The summed E-state index contributed by atoms with van der Waals surface area (Å²) in [6.45, 7) is 4.84. The van der Waals surface area contributed by atoms with Crippen molar-refractivity contribution < 1.29 is 18.0 Å². The van der Waals surface area contributed by atoms with Gasteiger partial charge in [0.15, 0.2) is 0 Å². The topological polar surface area (TPSA) is 74.8 Å². The molecular weight excluding hydrogens is 348 g/mol. The Labute approximate surface area is 146 Å². The fraction of sp³-hybridized carbons (Fsp3) is 0.625. The number of hydrogen-bond donors (Lipinski definition) is 0. The maximum Gasteiger partial charge on any atom is 0.253 e. The van der Waals surface area contributed by atoms with Gasteiger partial charge in [-0.05, 0) is 31.9 Å². The molecule has 2 saturated heterocycles. The largest absolute Gasteiger partial charge is 0.340 e. The molecule has 24 heavy (non-hydrogen) atoms. The van der Waals surface area contributed by atoms with Gasteiger partial charge in [-0.2, -0.15) is 4.31 Å². The Morgan fingerprint density at radius 2 is 2.04 bits per heavy atom. The van der Waals surface area contributed by atoms with E-state index in [1.165, 1.54) is 15.6 Å². The number of likely N-dealkylation sites (tertiary alicyclic amines) is 1. The number of ketones is 1. The van der Waals surface area contributed by atoms with Crippen LogP contribution >= 0.6 is 11.3 Å². The van der Waals surface area contributed by atoms with Gasteiger partial charge >= 0.3 is 0 Å². The number of thiophene rings is 1. The highest BCUT2D eigenvalue weighted by molar-refractivity contribution is 7.91. The molecule has 0 bridgehead atoms. The van der Waals surface area contributed by atoms with Crippen molar-refractivity contribution in [1.29, 1.82) is 0 Å². The lowest BCUT2D eigenvalue weighted by atomic mass is 9.98. The van der Waals surface area contributed by atoms with Crippen molar-refractivity contribution in [1.82, 2.24) is 9.21 Å². The molecule has 3 rings (SSSR count). The fourth-order valence-electron chi connectivity index (χ4n) is 3.37. The molecule has 0 N–H and O–H groups in total. The first-order valence-corrected chi connectivity index (χ1v) is 10.5. The van der Waals surface area contributed by atoms with Crippen molar-refractivity contribution in [2.45, 2.75) is 43.4 Å². The quantitative estimate of drug-likeness (QED) is 0.811. The summed E-state index contributed by atoms with van der Waals surface area (Å²) in [5.74, 6) is -0.165. The molecule has 0 spiro atoms. The number of aryl methyl sites for hydroxylation is 1. The number of carbonyl (C=O) groups excluding carboxylic acids is 2. The van der Waals surface area contributed by atoms with Gasteiger partial charge in [0.1, 0.15) is 16.0 Å². The van der Waals surface area contributed by atoms with Gasteiger partial charge in [-0.3, -0.25) is 9.59 Å². The molecule has 1 amide bonds. The van der Waals surface area contributed by atoms with Crippen LogP contribution in [0.5, 0.6) is 0 Å². The zero-order valence-electron chi connectivity index (χ0n) is 13.9. The minimum Gasteiger partial charge on any atom is -0.340 e. The lowest BCUT2D eigenvalue weighted by Crippen LogP contribution is -2.51. The van der Waals surface area contributed by atoms with Gasteiger partial charge in [0.25, 0.3) is 10.0 Å². The smallest absolute Gasteiger partial charge is 0.253 e. The van der Waals surface area contributed by atoms with Crippen LogP contribution in [0.1, 0.15) is 31.1 Å². The number of amides is 1. The van der Waals surface area contributed by atoms with E-state index < -0.39 is 16.1 Å². The summed E-state index contributed by atoms with van der Waals surface area (Å²) in [6.07, 6.45) is 1.58. The van der Waals surface area contributed by atoms with Gasteiger partial charge in [0.05, 0.1) is 0 Å². The summed E-state index contributed by atoms with van der Waals surface area (Å²) < 4.78 is 27.4. The Morgan fingerprint density at radius 1 is 1.29 bits per heavy atom. The summed E-state index contributed by atoms with van der Waals surface area (Å²) in [6, 6.07) is 2.75. The Morgan fingerprint density at radius 3 is 2.67 bits per heavy atom. The minimum atomic E-state index is -3.64. The van der Waals surface area contributed by atoms with E-state index >= 15 is 0 Å². The van der Waals surface area contributed by atoms with Crippen LogP contribution < -0.4 is 0 Å². The van der Waals surface area contributed by atoms with Crippen LogP contribution in [0.4, 0.5) is 0 Å². The average Bonchev–Trinajstić information content (AvgIpc) is 3.18. The number of piperidine rings is 1. The van der Waals surface area contributed by atoms with Gasteiger partial charge in [0, 0.05) is 36.9 Å².